The van der Waals surface area contributed by atoms with Gasteiger partial charge in [0.25, 0.3) is 0 Å². The van der Waals surface area contributed by atoms with Crippen molar-refractivity contribution in [3.8, 4) is 0 Å². The van der Waals surface area contributed by atoms with Gasteiger partial charge in [-0.3, -0.25) is 4.90 Å². The summed E-state index contributed by atoms with van der Waals surface area (Å²) in [5.74, 6) is 0. The van der Waals surface area contributed by atoms with Gasteiger partial charge in [-0.1, -0.05) is 17.7 Å². The molecule has 2 aliphatic rings. The minimum absolute atomic E-state index is 0.270. The Morgan fingerprint density at radius 3 is 2.42 bits per heavy atom. The van der Waals surface area contributed by atoms with Gasteiger partial charge in [0.15, 0.2) is 0 Å². The number of sulfonamides is 1. The van der Waals surface area contributed by atoms with Gasteiger partial charge in [0.1, 0.15) is 0 Å². The molecule has 1 aromatic rings. The fourth-order valence-electron chi connectivity index (χ4n) is 4.02. The van der Waals surface area contributed by atoms with Gasteiger partial charge in [0, 0.05) is 56.5 Å². The molecule has 0 spiro atoms. The molecule has 0 amide bonds. The maximum Gasteiger partial charge on any atom is 0.243 e. The molecule has 8 heteroatoms. The number of nitrogens with two attached hydrogens (primary N) is 1. The number of piperidine rings is 1. The van der Waals surface area contributed by atoms with E-state index in [4.69, 9.17) is 22.1 Å². The summed E-state index contributed by atoms with van der Waals surface area (Å²) in [5, 5.41) is 0.439. The van der Waals surface area contributed by atoms with Crippen molar-refractivity contribution in [1.82, 2.24) is 9.21 Å². The second-order valence-corrected chi connectivity index (χ2v) is 9.34. The third-order valence-corrected chi connectivity index (χ3v) is 7.50. The van der Waals surface area contributed by atoms with Gasteiger partial charge in [-0.25, -0.2) is 8.42 Å². The highest BCUT2D eigenvalue weighted by atomic mass is 35.5. The van der Waals surface area contributed by atoms with Gasteiger partial charge in [0.2, 0.25) is 10.0 Å². The Morgan fingerprint density at radius 1 is 1.15 bits per heavy atom. The minimum atomic E-state index is -3.49. The Kier molecular flexibility index (Phi) is 6.93. The predicted molar refractivity (Wildman–Crippen MR) is 103 cm³/mol. The molecule has 26 heavy (non-hydrogen) atoms. The fourth-order valence-corrected chi connectivity index (χ4v) is 5.79. The standard InChI is InChI=1S/C18H28ClN3O3S/c19-15-2-1-3-18(14-15)26(23,24)21-9-4-16(5-10-21)22(11-8-20)17-6-12-25-13-7-17/h1-3,14,16-17H,4-13,20H2. The molecule has 0 atom stereocenters. The van der Waals surface area contributed by atoms with E-state index in [1.54, 1.807) is 22.5 Å². The monoisotopic (exact) mass is 401 g/mol. The Labute approximate surface area is 161 Å². The number of nitrogens with zero attached hydrogens (tertiary/aromatic N) is 2. The lowest BCUT2D eigenvalue weighted by Gasteiger charge is -2.43. The van der Waals surface area contributed by atoms with E-state index in [9.17, 15) is 8.42 Å². The van der Waals surface area contributed by atoms with E-state index in [0.29, 0.717) is 36.7 Å². The smallest absolute Gasteiger partial charge is 0.243 e. The first-order valence-corrected chi connectivity index (χ1v) is 11.1. The van der Waals surface area contributed by atoms with Crippen molar-refractivity contribution in [2.45, 2.75) is 42.7 Å². The molecular formula is C18H28ClN3O3S. The maximum absolute atomic E-state index is 12.9. The highest BCUT2D eigenvalue weighted by Gasteiger charge is 2.34. The Morgan fingerprint density at radius 2 is 1.81 bits per heavy atom. The molecule has 0 radical (unpaired) electrons. The van der Waals surface area contributed by atoms with Gasteiger partial charge in [-0.15, -0.1) is 0 Å². The molecule has 2 heterocycles. The number of rotatable bonds is 6. The molecule has 0 saturated carbocycles. The van der Waals surface area contributed by atoms with Crippen LogP contribution in [0.25, 0.3) is 0 Å². The summed E-state index contributed by atoms with van der Waals surface area (Å²) in [6, 6.07) is 7.37. The molecule has 0 aliphatic carbocycles. The summed E-state index contributed by atoms with van der Waals surface area (Å²) >= 11 is 5.96. The zero-order valence-electron chi connectivity index (χ0n) is 15.0. The molecule has 2 aliphatic heterocycles. The van der Waals surface area contributed by atoms with Crippen LogP contribution in [0.3, 0.4) is 0 Å². The second kappa shape index (κ2) is 8.99. The van der Waals surface area contributed by atoms with E-state index in [2.05, 4.69) is 4.90 Å². The van der Waals surface area contributed by atoms with Gasteiger partial charge in [-0.05, 0) is 43.9 Å². The molecule has 2 fully saturated rings. The normalized spacial score (nSPS) is 21.3. The maximum atomic E-state index is 12.9. The molecule has 3 rings (SSSR count). The van der Waals surface area contributed by atoms with Crippen molar-refractivity contribution >= 4 is 21.6 Å². The van der Waals surface area contributed by atoms with Gasteiger partial charge >= 0.3 is 0 Å². The summed E-state index contributed by atoms with van der Waals surface area (Å²) < 4.78 is 32.8. The number of ether oxygens (including phenoxy) is 1. The summed E-state index contributed by atoms with van der Waals surface area (Å²) in [5.41, 5.74) is 5.84. The van der Waals surface area contributed by atoms with Gasteiger partial charge in [0.05, 0.1) is 4.90 Å². The molecule has 0 bridgehead atoms. The lowest BCUT2D eigenvalue weighted by molar-refractivity contribution is 0.00838. The quantitative estimate of drug-likeness (QED) is 0.788. The molecule has 2 N–H and O–H groups in total. The largest absolute Gasteiger partial charge is 0.381 e. The van der Waals surface area contributed by atoms with Crippen LogP contribution >= 0.6 is 11.6 Å². The number of halogens is 1. The molecule has 6 nitrogen and oxygen atoms in total. The van der Waals surface area contributed by atoms with E-state index in [0.717, 1.165) is 45.4 Å². The van der Waals surface area contributed by atoms with Crippen LogP contribution in [0.4, 0.5) is 0 Å². The molecular weight excluding hydrogens is 374 g/mol. The van der Waals surface area contributed by atoms with Crippen LogP contribution in [-0.4, -0.2) is 69.1 Å². The number of hydrogen-bond acceptors (Lipinski definition) is 5. The summed E-state index contributed by atoms with van der Waals surface area (Å²) in [4.78, 5) is 2.76. The van der Waals surface area contributed by atoms with Crippen LogP contribution in [0.15, 0.2) is 29.2 Å². The van der Waals surface area contributed by atoms with Crippen LogP contribution in [0.5, 0.6) is 0 Å². The van der Waals surface area contributed by atoms with E-state index in [1.807, 2.05) is 0 Å². The first-order valence-electron chi connectivity index (χ1n) is 9.31. The Balaban J connectivity index is 1.65. The van der Waals surface area contributed by atoms with E-state index in [-0.39, 0.29) is 4.90 Å². The van der Waals surface area contributed by atoms with Crippen LogP contribution in [-0.2, 0) is 14.8 Å². The van der Waals surface area contributed by atoms with Crippen molar-refractivity contribution in [2.24, 2.45) is 5.73 Å². The number of benzene rings is 1. The minimum Gasteiger partial charge on any atom is -0.381 e. The Hall–Kier alpha value is -0.700. The highest BCUT2D eigenvalue weighted by molar-refractivity contribution is 7.89. The Bertz CT molecular complexity index is 687. The third kappa shape index (κ3) is 4.58. The summed E-state index contributed by atoms with van der Waals surface area (Å²) in [6.45, 7) is 4.14. The zero-order valence-corrected chi connectivity index (χ0v) is 16.6. The molecule has 1 aromatic carbocycles. The third-order valence-electron chi connectivity index (χ3n) is 5.37. The van der Waals surface area contributed by atoms with E-state index in [1.165, 1.54) is 6.07 Å². The van der Waals surface area contributed by atoms with Crippen LogP contribution in [0, 0.1) is 0 Å². The average Bonchev–Trinajstić information content (AvgIpc) is 2.67. The fraction of sp³-hybridized carbons (Fsp3) is 0.667. The molecule has 146 valence electrons. The van der Waals surface area contributed by atoms with Crippen LogP contribution in [0.1, 0.15) is 25.7 Å². The topological polar surface area (TPSA) is 75.9 Å². The first kappa shape index (κ1) is 20.0. The van der Waals surface area contributed by atoms with Crippen LogP contribution < -0.4 is 5.73 Å². The SMILES string of the molecule is NCCN(C1CCOCC1)C1CCN(S(=O)(=O)c2cccc(Cl)c2)CC1. The molecule has 0 unspecified atom stereocenters. The zero-order chi connectivity index (χ0) is 18.6. The van der Waals surface area contributed by atoms with Gasteiger partial charge in [-0.2, -0.15) is 4.31 Å². The van der Waals surface area contributed by atoms with Crippen molar-refractivity contribution in [2.75, 3.05) is 39.4 Å². The predicted octanol–water partition coefficient (Wildman–Crippen LogP) is 1.93. The first-order chi connectivity index (χ1) is 12.5. The van der Waals surface area contributed by atoms with Crippen molar-refractivity contribution < 1.29 is 13.2 Å². The highest BCUT2D eigenvalue weighted by Crippen LogP contribution is 2.27. The lowest BCUT2D eigenvalue weighted by Crippen LogP contribution is -2.52. The van der Waals surface area contributed by atoms with Crippen molar-refractivity contribution in [1.29, 1.82) is 0 Å². The van der Waals surface area contributed by atoms with E-state index >= 15 is 0 Å². The molecule has 2 saturated heterocycles. The van der Waals surface area contributed by atoms with Crippen LogP contribution in [0.2, 0.25) is 5.02 Å². The average molecular weight is 402 g/mol. The number of hydrogen-bond donors (Lipinski definition) is 1. The van der Waals surface area contributed by atoms with E-state index < -0.39 is 10.0 Å². The summed E-state index contributed by atoms with van der Waals surface area (Å²) in [7, 11) is -3.49. The molecule has 0 aromatic heterocycles. The lowest BCUT2D eigenvalue weighted by atomic mass is 9.99. The van der Waals surface area contributed by atoms with Gasteiger partial charge < -0.3 is 10.5 Å². The van der Waals surface area contributed by atoms with Crippen molar-refractivity contribution in [3.05, 3.63) is 29.3 Å². The summed E-state index contributed by atoms with van der Waals surface area (Å²) in [6.07, 6.45) is 3.72. The second-order valence-electron chi connectivity index (χ2n) is 6.96. The van der Waals surface area contributed by atoms with Crippen molar-refractivity contribution in [3.63, 3.8) is 0 Å².